The second kappa shape index (κ2) is 13.2. The van der Waals surface area contributed by atoms with Crippen molar-refractivity contribution in [2.24, 2.45) is 0 Å². The molecule has 0 radical (unpaired) electrons. The summed E-state index contributed by atoms with van der Waals surface area (Å²) in [6.45, 7) is 5.57. The molecule has 2 N–H and O–H groups in total. The van der Waals surface area contributed by atoms with Gasteiger partial charge in [0, 0.05) is 36.3 Å². The first-order chi connectivity index (χ1) is 21.7. The minimum Gasteiger partial charge on any atom is -0.480 e. The molecule has 2 heterocycles. The topological polar surface area (TPSA) is 136 Å². The fourth-order valence-corrected chi connectivity index (χ4v) is 6.82. The Bertz CT molecular complexity index is 1860. The van der Waals surface area contributed by atoms with Crippen LogP contribution in [0.5, 0.6) is 5.88 Å². The second-order valence-corrected chi connectivity index (χ2v) is 14.2. The summed E-state index contributed by atoms with van der Waals surface area (Å²) in [6, 6.07) is 12.6. The number of fused-ring (bicyclic) bond motifs is 1. The van der Waals surface area contributed by atoms with Crippen LogP contribution in [0.3, 0.4) is 0 Å². The third kappa shape index (κ3) is 7.59. The van der Waals surface area contributed by atoms with E-state index in [1.807, 2.05) is 20.8 Å². The number of halogens is 2. The van der Waals surface area contributed by atoms with Gasteiger partial charge in [0.15, 0.2) is 11.6 Å². The van der Waals surface area contributed by atoms with Gasteiger partial charge in [0.2, 0.25) is 11.8 Å². The normalized spacial score (nSPS) is 16.9. The number of hydrogen-bond donors (Lipinski definition) is 2. The van der Waals surface area contributed by atoms with Crippen molar-refractivity contribution in [1.29, 1.82) is 0 Å². The molecule has 0 spiro atoms. The van der Waals surface area contributed by atoms with Crippen molar-refractivity contribution in [3.05, 3.63) is 65.6 Å². The predicted molar refractivity (Wildman–Crippen MR) is 175 cm³/mol. The van der Waals surface area contributed by atoms with Gasteiger partial charge in [-0.25, -0.2) is 27.6 Å². The van der Waals surface area contributed by atoms with Crippen LogP contribution in [0.25, 0.3) is 22.0 Å². The molecule has 2 aromatic carbocycles. The fourth-order valence-electron chi connectivity index (χ4n) is 5.29. The van der Waals surface area contributed by atoms with Crippen molar-refractivity contribution < 1.29 is 27.1 Å². The lowest BCUT2D eigenvalue weighted by atomic mass is 9.90. The summed E-state index contributed by atoms with van der Waals surface area (Å²) in [4.78, 5) is 27.2. The lowest BCUT2D eigenvalue weighted by molar-refractivity contribution is 0.0185. The van der Waals surface area contributed by atoms with Gasteiger partial charge in [-0.2, -0.15) is 4.98 Å². The van der Waals surface area contributed by atoms with Crippen molar-refractivity contribution in [3.8, 4) is 17.0 Å². The Morgan fingerprint density at radius 2 is 1.78 bits per heavy atom. The summed E-state index contributed by atoms with van der Waals surface area (Å²) >= 11 is 6.04. The average Bonchev–Trinajstić information content (AvgIpc) is 3.01. The summed E-state index contributed by atoms with van der Waals surface area (Å²) in [5.74, 6) is -0.908. The standard InChI is InChI=1S/C32H36ClFN6O5S/c1-32(2,3)45-31(41)40(4)22-13-11-21(12-14-22)36-30-35-18-20-16-19(10-15-26(20)37-30)23-17-25(34)28(38-29(23)44-5)39-46(42,43)27-9-7-6-8-24(27)33/h6-10,15-18,21-22H,11-14H2,1-5H3,(H,38,39)(H,35,36,37). The summed E-state index contributed by atoms with van der Waals surface area (Å²) in [5.41, 5.74) is 1.03. The van der Waals surface area contributed by atoms with E-state index in [1.165, 1.54) is 25.3 Å². The van der Waals surface area contributed by atoms with Crippen LogP contribution in [0.15, 0.2) is 59.6 Å². The molecule has 0 aliphatic heterocycles. The van der Waals surface area contributed by atoms with Gasteiger partial charge in [-0.1, -0.05) is 29.8 Å². The van der Waals surface area contributed by atoms with Crippen LogP contribution in [-0.2, 0) is 14.8 Å². The number of methoxy groups -OCH3 is 1. The quantitative estimate of drug-likeness (QED) is 0.206. The molecule has 0 bridgehead atoms. The maximum atomic E-state index is 15.2. The lowest BCUT2D eigenvalue weighted by Gasteiger charge is -2.35. The number of aromatic nitrogens is 3. The highest BCUT2D eigenvalue weighted by Crippen LogP contribution is 2.34. The van der Waals surface area contributed by atoms with E-state index in [0.717, 1.165) is 31.7 Å². The lowest BCUT2D eigenvalue weighted by Crippen LogP contribution is -2.43. The largest absolute Gasteiger partial charge is 0.480 e. The number of hydrogen-bond acceptors (Lipinski definition) is 9. The molecule has 0 saturated heterocycles. The number of nitrogens with one attached hydrogen (secondary N) is 2. The number of pyridine rings is 1. The van der Waals surface area contributed by atoms with E-state index in [9.17, 15) is 13.2 Å². The van der Waals surface area contributed by atoms with Crippen LogP contribution in [0, 0.1) is 5.82 Å². The first-order valence-corrected chi connectivity index (χ1v) is 16.6. The number of amides is 1. The molecular formula is C32H36ClFN6O5S. The highest BCUT2D eigenvalue weighted by atomic mass is 35.5. The SMILES string of the molecule is COc1nc(NS(=O)(=O)c2ccccc2Cl)c(F)cc1-c1ccc2nc(NC3CCC(N(C)C(=O)OC(C)(C)C)CC3)ncc2c1. The van der Waals surface area contributed by atoms with Crippen molar-refractivity contribution >= 4 is 50.4 Å². The Balaban J connectivity index is 1.28. The molecule has 0 atom stereocenters. The number of benzene rings is 2. The first kappa shape index (κ1) is 33.1. The number of rotatable bonds is 8. The summed E-state index contributed by atoms with van der Waals surface area (Å²) in [7, 11) is -1.07. The van der Waals surface area contributed by atoms with E-state index in [-0.39, 0.29) is 34.0 Å². The monoisotopic (exact) mass is 670 g/mol. The minimum absolute atomic E-state index is 0.00811. The van der Waals surface area contributed by atoms with Gasteiger partial charge in [-0.15, -0.1) is 0 Å². The van der Waals surface area contributed by atoms with E-state index in [0.29, 0.717) is 28.0 Å². The third-order valence-corrected chi connectivity index (χ3v) is 9.48. The van der Waals surface area contributed by atoms with Gasteiger partial charge in [-0.3, -0.25) is 4.72 Å². The molecule has 1 saturated carbocycles. The van der Waals surface area contributed by atoms with Gasteiger partial charge in [0.1, 0.15) is 10.5 Å². The van der Waals surface area contributed by atoms with Crippen LogP contribution >= 0.6 is 11.6 Å². The molecule has 1 amide bonds. The van der Waals surface area contributed by atoms with Crippen LogP contribution in [0.4, 0.5) is 21.0 Å². The number of ether oxygens (including phenoxy) is 2. The molecule has 5 rings (SSSR count). The molecule has 1 aliphatic carbocycles. The smallest absolute Gasteiger partial charge is 0.410 e. The first-order valence-electron chi connectivity index (χ1n) is 14.8. The predicted octanol–water partition coefficient (Wildman–Crippen LogP) is 6.88. The highest BCUT2D eigenvalue weighted by Gasteiger charge is 2.30. The summed E-state index contributed by atoms with van der Waals surface area (Å²) in [6.07, 6.45) is 4.72. The van der Waals surface area contributed by atoms with Gasteiger partial charge in [0.05, 0.1) is 17.6 Å². The van der Waals surface area contributed by atoms with Crippen LogP contribution in [-0.4, -0.2) is 66.2 Å². The Kier molecular flexibility index (Phi) is 9.54. The van der Waals surface area contributed by atoms with Crippen LogP contribution < -0.4 is 14.8 Å². The Morgan fingerprint density at radius 1 is 1.07 bits per heavy atom. The van der Waals surface area contributed by atoms with E-state index in [1.54, 1.807) is 42.4 Å². The van der Waals surface area contributed by atoms with Crippen molar-refractivity contribution in [2.75, 3.05) is 24.2 Å². The van der Waals surface area contributed by atoms with Gasteiger partial charge in [-0.05, 0) is 82.3 Å². The zero-order valence-electron chi connectivity index (χ0n) is 26.2. The molecule has 0 unspecified atom stereocenters. The number of nitrogens with zero attached hydrogens (tertiary/aromatic N) is 4. The maximum Gasteiger partial charge on any atom is 0.410 e. The molecule has 1 fully saturated rings. The molecule has 14 heteroatoms. The van der Waals surface area contributed by atoms with E-state index >= 15 is 4.39 Å². The highest BCUT2D eigenvalue weighted by molar-refractivity contribution is 7.92. The zero-order chi connectivity index (χ0) is 33.2. The maximum absolute atomic E-state index is 15.2. The average molecular weight is 671 g/mol. The molecule has 1 aliphatic rings. The minimum atomic E-state index is -4.21. The number of anilines is 2. The van der Waals surface area contributed by atoms with E-state index in [2.05, 4.69) is 25.0 Å². The van der Waals surface area contributed by atoms with Crippen LogP contribution in [0.1, 0.15) is 46.5 Å². The van der Waals surface area contributed by atoms with Crippen molar-refractivity contribution in [3.63, 3.8) is 0 Å². The number of sulfonamides is 1. The van der Waals surface area contributed by atoms with Gasteiger partial charge >= 0.3 is 6.09 Å². The molecule has 244 valence electrons. The van der Waals surface area contributed by atoms with E-state index < -0.39 is 27.3 Å². The van der Waals surface area contributed by atoms with Crippen molar-refractivity contribution in [1.82, 2.24) is 19.9 Å². The van der Waals surface area contributed by atoms with Gasteiger partial charge in [0.25, 0.3) is 10.0 Å². The van der Waals surface area contributed by atoms with Gasteiger partial charge < -0.3 is 19.7 Å². The second-order valence-electron chi connectivity index (χ2n) is 12.1. The van der Waals surface area contributed by atoms with Crippen molar-refractivity contribution in [2.45, 2.75) is 69.0 Å². The molecule has 4 aromatic rings. The molecule has 11 nitrogen and oxygen atoms in total. The molecule has 46 heavy (non-hydrogen) atoms. The zero-order valence-corrected chi connectivity index (χ0v) is 27.7. The fraction of sp³-hybridized carbons (Fsp3) is 0.375. The summed E-state index contributed by atoms with van der Waals surface area (Å²) in [5, 5.41) is 4.11. The molecular weight excluding hydrogens is 635 g/mol. The Labute approximate surface area is 272 Å². The number of carbonyl (C=O) groups excluding carboxylic acids is 1. The Morgan fingerprint density at radius 3 is 2.46 bits per heavy atom. The Hall–Kier alpha value is -4.23. The number of carbonyl (C=O) groups is 1. The summed E-state index contributed by atoms with van der Waals surface area (Å²) < 4.78 is 54.0. The van der Waals surface area contributed by atoms with E-state index in [4.69, 9.17) is 21.1 Å². The molecule has 2 aromatic heterocycles. The third-order valence-electron chi connectivity index (χ3n) is 7.64. The van der Waals surface area contributed by atoms with Crippen LogP contribution in [0.2, 0.25) is 5.02 Å².